The number of aromatic nitrogens is 3. The number of amides is 1. The number of anilines is 1. The summed E-state index contributed by atoms with van der Waals surface area (Å²) in [4.78, 5) is 12.5. The lowest BCUT2D eigenvalue weighted by molar-refractivity contribution is -0.113. The molecule has 1 N–H and O–H groups in total. The molecular weight excluding hydrogens is 431 g/mol. The summed E-state index contributed by atoms with van der Waals surface area (Å²) in [6.07, 6.45) is 2.05. The van der Waals surface area contributed by atoms with Crippen LogP contribution in [0.15, 0.2) is 53.7 Å². The summed E-state index contributed by atoms with van der Waals surface area (Å²) in [7, 11) is 0. The first-order chi connectivity index (χ1) is 15.6. The Morgan fingerprint density at radius 3 is 2.69 bits per heavy atom. The molecule has 0 bridgehead atoms. The molecule has 3 aromatic rings. The van der Waals surface area contributed by atoms with Crippen LogP contribution in [-0.4, -0.2) is 45.7 Å². The van der Waals surface area contributed by atoms with Gasteiger partial charge in [-0.15, -0.1) is 10.2 Å². The summed E-state index contributed by atoms with van der Waals surface area (Å²) in [6.45, 7) is 3.84. The maximum Gasteiger partial charge on any atom is 0.234 e. The van der Waals surface area contributed by atoms with Gasteiger partial charge in [0.15, 0.2) is 11.0 Å². The summed E-state index contributed by atoms with van der Waals surface area (Å²) in [5, 5.41) is 12.1. The summed E-state index contributed by atoms with van der Waals surface area (Å²) in [6, 6.07) is 13.4. The molecule has 1 saturated heterocycles. The van der Waals surface area contributed by atoms with E-state index in [1.807, 2.05) is 23.6 Å². The number of hydrogen-bond acceptors (Lipinski definition) is 6. The Hall–Kier alpha value is -2.91. The van der Waals surface area contributed by atoms with Crippen LogP contribution in [0.1, 0.15) is 19.8 Å². The van der Waals surface area contributed by atoms with Gasteiger partial charge in [0.2, 0.25) is 5.91 Å². The Labute approximate surface area is 190 Å². The van der Waals surface area contributed by atoms with E-state index in [0.29, 0.717) is 29.8 Å². The molecule has 7 nitrogen and oxygen atoms in total. The Kier molecular flexibility index (Phi) is 7.39. The quantitative estimate of drug-likeness (QED) is 0.481. The molecule has 1 aromatic heterocycles. The zero-order valence-electron chi connectivity index (χ0n) is 17.8. The molecule has 9 heteroatoms. The van der Waals surface area contributed by atoms with Crippen molar-refractivity contribution in [1.82, 2.24) is 14.8 Å². The van der Waals surface area contributed by atoms with Crippen LogP contribution in [0.5, 0.6) is 5.75 Å². The minimum absolute atomic E-state index is 0.0715. The number of rotatable bonds is 9. The third-order valence-corrected chi connectivity index (χ3v) is 5.98. The molecule has 32 heavy (non-hydrogen) atoms. The highest BCUT2D eigenvalue weighted by atomic mass is 32.2. The smallest absolute Gasteiger partial charge is 0.234 e. The zero-order valence-corrected chi connectivity index (χ0v) is 18.6. The number of carbonyl (C=O) groups is 1. The van der Waals surface area contributed by atoms with Crippen molar-refractivity contribution >= 4 is 23.4 Å². The van der Waals surface area contributed by atoms with Crippen molar-refractivity contribution in [2.45, 2.75) is 37.6 Å². The standard InChI is InChI=1S/C23H25FN4O3S/c1-2-30-19-11-9-18(10-12-19)25-21(29)15-32-23-27-26-22(16-5-7-17(24)8-6-16)28(23)14-20-4-3-13-31-20/h5-12,20H,2-4,13-15H2,1H3,(H,25,29). The number of hydrogen-bond donors (Lipinski definition) is 1. The first-order valence-corrected chi connectivity index (χ1v) is 11.6. The molecule has 2 heterocycles. The van der Waals surface area contributed by atoms with E-state index < -0.39 is 0 Å². The maximum atomic E-state index is 13.4. The van der Waals surface area contributed by atoms with E-state index in [4.69, 9.17) is 9.47 Å². The van der Waals surface area contributed by atoms with E-state index in [2.05, 4.69) is 15.5 Å². The molecule has 0 spiro atoms. The SMILES string of the molecule is CCOc1ccc(NC(=O)CSc2nnc(-c3ccc(F)cc3)n2CC2CCCO2)cc1. The van der Waals surface area contributed by atoms with Crippen LogP contribution in [0, 0.1) is 5.82 Å². The van der Waals surface area contributed by atoms with Gasteiger partial charge in [0.05, 0.1) is 25.0 Å². The molecule has 0 aliphatic carbocycles. The van der Waals surface area contributed by atoms with Gasteiger partial charge in [0.1, 0.15) is 11.6 Å². The van der Waals surface area contributed by atoms with Crippen molar-refractivity contribution in [3.8, 4) is 17.1 Å². The predicted molar refractivity (Wildman–Crippen MR) is 121 cm³/mol. The molecule has 1 amide bonds. The fourth-order valence-corrected chi connectivity index (χ4v) is 4.24. The molecule has 4 rings (SSSR count). The highest BCUT2D eigenvalue weighted by Crippen LogP contribution is 2.27. The Balaban J connectivity index is 1.44. The van der Waals surface area contributed by atoms with Crippen molar-refractivity contribution in [2.75, 3.05) is 24.3 Å². The molecule has 1 fully saturated rings. The molecule has 1 aliphatic rings. The molecule has 168 valence electrons. The largest absolute Gasteiger partial charge is 0.494 e. The van der Waals surface area contributed by atoms with Crippen molar-refractivity contribution in [1.29, 1.82) is 0 Å². The molecule has 0 radical (unpaired) electrons. The fourth-order valence-electron chi connectivity index (χ4n) is 3.49. The minimum atomic E-state index is -0.306. The average molecular weight is 457 g/mol. The lowest BCUT2D eigenvalue weighted by Gasteiger charge is -2.14. The van der Waals surface area contributed by atoms with E-state index >= 15 is 0 Å². The number of ether oxygens (including phenoxy) is 2. The van der Waals surface area contributed by atoms with Crippen LogP contribution in [0.2, 0.25) is 0 Å². The van der Waals surface area contributed by atoms with E-state index in [-0.39, 0.29) is 23.6 Å². The second-order valence-corrected chi connectivity index (χ2v) is 8.30. The molecule has 0 saturated carbocycles. The fraction of sp³-hybridized carbons (Fsp3) is 0.348. The number of halogens is 1. The van der Waals surface area contributed by atoms with Gasteiger partial charge in [0.25, 0.3) is 0 Å². The average Bonchev–Trinajstić information content (AvgIpc) is 3.45. The first-order valence-electron chi connectivity index (χ1n) is 10.6. The molecule has 1 aliphatic heterocycles. The lowest BCUT2D eigenvalue weighted by Crippen LogP contribution is -2.18. The topological polar surface area (TPSA) is 78.3 Å². The Morgan fingerprint density at radius 1 is 1.22 bits per heavy atom. The van der Waals surface area contributed by atoms with E-state index in [1.54, 1.807) is 24.3 Å². The number of benzene rings is 2. The predicted octanol–water partition coefficient (Wildman–Crippen LogP) is 4.39. The van der Waals surface area contributed by atoms with Gasteiger partial charge in [-0.2, -0.15) is 0 Å². The van der Waals surface area contributed by atoms with Gasteiger partial charge in [-0.05, 0) is 68.3 Å². The first kappa shape index (κ1) is 22.3. The number of carbonyl (C=O) groups excluding carboxylic acids is 1. The highest BCUT2D eigenvalue weighted by Gasteiger charge is 2.22. The number of thioether (sulfide) groups is 1. The molecule has 1 atom stereocenters. The van der Waals surface area contributed by atoms with Gasteiger partial charge in [-0.1, -0.05) is 11.8 Å². The normalized spacial score (nSPS) is 15.6. The summed E-state index contributed by atoms with van der Waals surface area (Å²) < 4.78 is 26.5. The van der Waals surface area contributed by atoms with Crippen molar-refractivity contribution in [3.05, 3.63) is 54.3 Å². The summed E-state index contributed by atoms with van der Waals surface area (Å²) in [5.41, 5.74) is 1.47. The third-order valence-electron chi connectivity index (χ3n) is 5.01. The lowest BCUT2D eigenvalue weighted by atomic mass is 10.2. The highest BCUT2D eigenvalue weighted by molar-refractivity contribution is 7.99. The zero-order chi connectivity index (χ0) is 22.3. The van der Waals surface area contributed by atoms with Gasteiger partial charge in [-0.3, -0.25) is 9.36 Å². The van der Waals surface area contributed by atoms with Gasteiger partial charge >= 0.3 is 0 Å². The molecule has 2 aromatic carbocycles. The van der Waals surface area contributed by atoms with Crippen molar-refractivity contribution < 1.29 is 18.7 Å². The van der Waals surface area contributed by atoms with E-state index in [0.717, 1.165) is 30.8 Å². The molecule has 1 unspecified atom stereocenters. The summed E-state index contributed by atoms with van der Waals surface area (Å²) in [5.74, 6) is 1.12. The third kappa shape index (κ3) is 5.66. The van der Waals surface area contributed by atoms with Gasteiger partial charge in [-0.25, -0.2) is 4.39 Å². The van der Waals surface area contributed by atoms with Gasteiger partial charge in [0, 0.05) is 17.9 Å². The molecular formula is C23H25FN4O3S. The second-order valence-electron chi connectivity index (χ2n) is 7.35. The van der Waals surface area contributed by atoms with Crippen LogP contribution in [0.4, 0.5) is 10.1 Å². The second kappa shape index (κ2) is 10.6. The number of nitrogens with one attached hydrogen (secondary N) is 1. The monoisotopic (exact) mass is 456 g/mol. The van der Waals surface area contributed by atoms with E-state index in [1.165, 1.54) is 23.9 Å². The van der Waals surface area contributed by atoms with Crippen LogP contribution < -0.4 is 10.1 Å². The van der Waals surface area contributed by atoms with Crippen molar-refractivity contribution in [3.63, 3.8) is 0 Å². The maximum absolute atomic E-state index is 13.4. The van der Waals surface area contributed by atoms with Crippen molar-refractivity contribution in [2.24, 2.45) is 0 Å². The Morgan fingerprint density at radius 2 is 2.00 bits per heavy atom. The summed E-state index contributed by atoms with van der Waals surface area (Å²) >= 11 is 1.31. The van der Waals surface area contributed by atoms with Crippen LogP contribution in [-0.2, 0) is 16.1 Å². The van der Waals surface area contributed by atoms with Crippen LogP contribution in [0.3, 0.4) is 0 Å². The minimum Gasteiger partial charge on any atom is -0.494 e. The van der Waals surface area contributed by atoms with Crippen LogP contribution >= 0.6 is 11.8 Å². The number of nitrogens with zero attached hydrogens (tertiary/aromatic N) is 3. The Bertz CT molecular complexity index is 1030. The van der Waals surface area contributed by atoms with Crippen LogP contribution in [0.25, 0.3) is 11.4 Å². The van der Waals surface area contributed by atoms with E-state index in [9.17, 15) is 9.18 Å². The van der Waals surface area contributed by atoms with Gasteiger partial charge < -0.3 is 14.8 Å².